The van der Waals surface area contributed by atoms with Gasteiger partial charge in [0, 0.05) is 13.1 Å². The number of hydrogen-bond donors (Lipinski definition) is 0. The lowest BCUT2D eigenvalue weighted by Crippen LogP contribution is -2.48. The first-order chi connectivity index (χ1) is 8.17. The number of rotatable bonds is 2. The largest absolute Gasteiger partial charge is 0.619 e. The highest BCUT2D eigenvalue weighted by Gasteiger charge is 2.58. The monoisotopic (exact) mass is 277 g/mol. The quantitative estimate of drug-likeness (QED) is 0.676. The van der Waals surface area contributed by atoms with Crippen molar-refractivity contribution in [2.45, 2.75) is 38.9 Å². The maximum absolute atomic E-state index is 12.4. The Bertz CT molecular complexity index is 400. The Labute approximate surface area is 109 Å². The Morgan fingerprint density at radius 1 is 1.00 bits per heavy atom. The van der Waals surface area contributed by atoms with Crippen LogP contribution in [0.3, 0.4) is 0 Å². The summed E-state index contributed by atoms with van der Waals surface area (Å²) < 4.78 is 42.5. The summed E-state index contributed by atoms with van der Waals surface area (Å²) in [7, 11) is -3.59. The van der Waals surface area contributed by atoms with Crippen molar-refractivity contribution in [3.63, 3.8) is 0 Å². The molecule has 0 aliphatic carbocycles. The SMILES string of the molecule is CC1(C)OB(S(=O)(=O)N2CCOCC2)OC1(C)C. The third-order valence-electron chi connectivity index (χ3n) is 3.80. The van der Waals surface area contributed by atoms with Gasteiger partial charge in [-0.05, 0) is 27.7 Å². The molecule has 0 amide bonds. The molecule has 2 aliphatic rings. The molecule has 2 fully saturated rings. The second-order valence-electron chi connectivity index (χ2n) is 5.60. The van der Waals surface area contributed by atoms with Gasteiger partial charge in [-0.1, -0.05) is 0 Å². The van der Waals surface area contributed by atoms with Gasteiger partial charge in [0.2, 0.25) is 9.87 Å². The molecule has 0 aromatic carbocycles. The Hall–Kier alpha value is -0.145. The zero-order valence-corrected chi connectivity index (χ0v) is 12.1. The molecular formula is C10H20BNO5S. The van der Waals surface area contributed by atoms with Crippen molar-refractivity contribution in [3.05, 3.63) is 0 Å². The van der Waals surface area contributed by atoms with Crippen molar-refractivity contribution in [1.82, 2.24) is 4.31 Å². The molecule has 0 aromatic rings. The van der Waals surface area contributed by atoms with Crippen LogP contribution in [0.25, 0.3) is 0 Å². The summed E-state index contributed by atoms with van der Waals surface area (Å²) in [6, 6.07) is 0. The van der Waals surface area contributed by atoms with Crippen molar-refractivity contribution in [2.75, 3.05) is 26.3 Å². The van der Waals surface area contributed by atoms with Gasteiger partial charge in [0.1, 0.15) is 0 Å². The van der Waals surface area contributed by atoms with Crippen LogP contribution in [-0.4, -0.2) is 56.6 Å². The first-order valence-corrected chi connectivity index (χ1v) is 7.59. The molecule has 8 heteroatoms. The lowest BCUT2D eigenvalue weighted by atomic mass is 9.90. The summed E-state index contributed by atoms with van der Waals surface area (Å²) in [5.74, 6) is 0. The van der Waals surface area contributed by atoms with E-state index in [2.05, 4.69) is 0 Å². The molecule has 2 saturated heterocycles. The fraction of sp³-hybridized carbons (Fsp3) is 1.00. The molecule has 0 N–H and O–H groups in total. The average Bonchev–Trinajstić information content (AvgIpc) is 2.50. The molecule has 0 spiro atoms. The van der Waals surface area contributed by atoms with E-state index in [1.807, 2.05) is 27.7 Å². The lowest BCUT2D eigenvalue weighted by Gasteiger charge is -2.32. The van der Waals surface area contributed by atoms with E-state index in [0.29, 0.717) is 26.3 Å². The van der Waals surface area contributed by atoms with Crippen molar-refractivity contribution in [3.8, 4) is 0 Å². The summed E-state index contributed by atoms with van der Waals surface area (Å²) >= 11 is 0. The van der Waals surface area contributed by atoms with E-state index in [1.54, 1.807) is 0 Å². The van der Waals surface area contributed by atoms with Crippen molar-refractivity contribution >= 4 is 16.3 Å². The predicted molar refractivity (Wildman–Crippen MR) is 67.4 cm³/mol. The maximum atomic E-state index is 12.4. The minimum absolute atomic E-state index is 0.354. The van der Waals surface area contributed by atoms with Gasteiger partial charge < -0.3 is 14.0 Å². The zero-order valence-electron chi connectivity index (χ0n) is 11.3. The van der Waals surface area contributed by atoms with Crippen molar-refractivity contribution < 1.29 is 22.5 Å². The van der Waals surface area contributed by atoms with Crippen LogP contribution in [0.1, 0.15) is 27.7 Å². The Morgan fingerprint density at radius 3 is 1.89 bits per heavy atom. The van der Waals surface area contributed by atoms with E-state index in [-0.39, 0.29) is 0 Å². The third kappa shape index (κ3) is 2.32. The lowest BCUT2D eigenvalue weighted by molar-refractivity contribution is 0.00578. The standard InChI is InChI=1S/C10H20BNO5S/c1-9(2)10(3,4)17-11(16-9)18(13,14)12-5-7-15-8-6-12/h5-8H2,1-4H3. The molecule has 0 radical (unpaired) electrons. The zero-order chi connectivity index (χ0) is 13.6. The van der Waals surface area contributed by atoms with Gasteiger partial charge in [0.05, 0.1) is 24.4 Å². The minimum atomic E-state index is -3.59. The first kappa shape index (κ1) is 14.3. The van der Waals surface area contributed by atoms with Crippen LogP contribution in [-0.2, 0) is 23.9 Å². The van der Waals surface area contributed by atoms with E-state index >= 15 is 0 Å². The Morgan fingerprint density at radius 2 is 1.44 bits per heavy atom. The van der Waals surface area contributed by atoms with Crippen molar-refractivity contribution in [1.29, 1.82) is 0 Å². The van der Waals surface area contributed by atoms with Gasteiger partial charge in [0.25, 0.3) is 0 Å². The first-order valence-electron chi connectivity index (χ1n) is 6.09. The molecular weight excluding hydrogens is 257 g/mol. The van der Waals surface area contributed by atoms with E-state index in [1.165, 1.54) is 4.31 Å². The average molecular weight is 277 g/mol. The smallest absolute Gasteiger partial charge is 0.390 e. The third-order valence-corrected chi connectivity index (χ3v) is 5.57. The highest BCUT2D eigenvalue weighted by atomic mass is 32.2. The maximum Gasteiger partial charge on any atom is 0.619 e. The molecule has 0 atom stereocenters. The van der Waals surface area contributed by atoms with Crippen LogP contribution >= 0.6 is 0 Å². The number of ether oxygens (including phenoxy) is 1. The summed E-state index contributed by atoms with van der Waals surface area (Å²) in [5, 5.41) is 0. The number of morpholine rings is 1. The van der Waals surface area contributed by atoms with Crippen LogP contribution in [0.2, 0.25) is 0 Å². The Kier molecular flexibility index (Phi) is 3.53. The topological polar surface area (TPSA) is 65.1 Å². The van der Waals surface area contributed by atoms with Gasteiger partial charge in [-0.25, -0.2) is 12.7 Å². The number of hydrogen-bond acceptors (Lipinski definition) is 5. The van der Waals surface area contributed by atoms with E-state index < -0.39 is 27.5 Å². The predicted octanol–water partition coefficient (Wildman–Crippen LogP) is 0.237. The molecule has 18 heavy (non-hydrogen) atoms. The minimum Gasteiger partial charge on any atom is -0.390 e. The van der Waals surface area contributed by atoms with Gasteiger partial charge in [-0.2, -0.15) is 0 Å². The van der Waals surface area contributed by atoms with Crippen LogP contribution < -0.4 is 0 Å². The van der Waals surface area contributed by atoms with Crippen LogP contribution in [0.4, 0.5) is 0 Å². The molecule has 2 heterocycles. The molecule has 2 aliphatic heterocycles. The van der Waals surface area contributed by atoms with E-state index in [9.17, 15) is 8.42 Å². The Balaban J connectivity index is 2.17. The van der Waals surface area contributed by atoms with E-state index in [4.69, 9.17) is 14.0 Å². The molecule has 0 unspecified atom stereocenters. The highest BCUT2D eigenvalue weighted by Crippen LogP contribution is 2.38. The highest BCUT2D eigenvalue weighted by molar-refractivity contribution is 8.15. The summed E-state index contributed by atoms with van der Waals surface area (Å²) in [5.41, 5.74) is -1.28. The van der Waals surface area contributed by atoms with Gasteiger partial charge >= 0.3 is 6.40 Å². The van der Waals surface area contributed by atoms with Crippen LogP contribution in [0.5, 0.6) is 0 Å². The normalized spacial score (nSPS) is 28.6. The fourth-order valence-electron chi connectivity index (χ4n) is 1.83. The molecule has 0 bridgehead atoms. The molecule has 2 rings (SSSR count). The van der Waals surface area contributed by atoms with Crippen LogP contribution in [0.15, 0.2) is 0 Å². The second-order valence-corrected chi connectivity index (χ2v) is 7.53. The van der Waals surface area contributed by atoms with Crippen LogP contribution in [0, 0.1) is 0 Å². The number of nitrogens with zero attached hydrogens (tertiary/aromatic N) is 1. The van der Waals surface area contributed by atoms with Crippen molar-refractivity contribution in [2.24, 2.45) is 0 Å². The van der Waals surface area contributed by atoms with Gasteiger partial charge in [0.15, 0.2) is 0 Å². The molecule has 0 aromatic heterocycles. The van der Waals surface area contributed by atoms with Gasteiger partial charge in [-0.15, -0.1) is 0 Å². The van der Waals surface area contributed by atoms with Gasteiger partial charge in [-0.3, -0.25) is 0 Å². The molecule has 6 nitrogen and oxygen atoms in total. The fourth-order valence-corrected chi connectivity index (χ4v) is 3.46. The second kappa shape index (κ2) is 4.45. The summed E-state index contributed by atoms with van der Waals surface area (Å²) in [4.78, 5) is 0. The summed E-state index contributed by atoms with van der Waals surface area (Å²) in [6.45, 7) is 8.88. The summed E-state index contributed by atoms with van der Waals surface area (Å²) in [6.07, 6.45) is -1.22. The van der Waals surface area contributed by atoms with E-state index in [0.717, 1.165) is 0 Å². The molecule has 0 saturated carbocycles. The molecule has 104 valence electrons.